The number of nitrogens with one attached hydrogen (secondary N) is 1. The Morgan fingerprint density at radius 1 is 0.540 bits per heavy atom. The predicted octanol–water partition coefficient (Wildman–Crippen LogP) is 9.60. The fourth-order valence-electron chi connectivity index (χ4n) is 8.00. The van der Waals surface area contributed by atoms with E-state index in [1.165, 1.54) is 29.2 Å². The zero-order valence-corrected chi connectivity index (χ0v) is 38.4. The normalized spacial score (nSPS) is 12.7. The van der Waals surface area contributed by atoms with Gasteiger partial charge in [-0.1, -0.05) is 48.5 Å². The van der Waals surface area contributed by atoms with Crippen molar-refractivity contribution < 1.29 is 47.5 Å². The summed E-state index contributed by atoms with van der Waals surface area (Å²) >= 11 is 0. The molecule has 0 fully saturated rings. The van der Waals surface area contributed by atoms with Gasteiger partial charge >= 0.3 is 5.97 Å². The standard InChI is InChI=1S/C52H69NO10/c1-39(54)53-26-7-8-29-61-44-17-11-40(12-18-44)42-15-21-46-47-22-16-43(41-13-19-45(20-14-41)62-36-35-60-30-23-50(55)63-51(2,3)4)38-49(47)52(48(46)37-42,24-9-27-58-33-31-56-5)25-10-28-59-34-32-57-6/h11-22,37-38H,7-10,23-36H2,1-6H3,(H,53,54). The van der Waals surface area contributed by atoms with Gasteiger partial charge < -0.3 is 43.2 Å². The van der Waals surface area contributed by atoms with Crippen LogP contribution >= 0.6 is 0 Å². The van der Waals surface area contributed by atoms with Crippen LogP contribution in [0.15, 0.2) is 84.9 Å². The predicted molar refractivity (Wildman–Crippen MR) is 248 cm³/mol. The summed E-state index contributed by atoms with van der Waals surface area (Å²) in [7, 11) is 3.39. The fourth-order valence-corrected chi connectivity index (χ4v) is 8.00. The van der Waals surface area contributed by atoms with Crippen molar-refractivity contribution >= 4 is 11.9 Å². The quantitative estimate of drug-likeness (QED) is 0.0418. The topological polar surface area (TPSA) is 120 Å². The maximum absolute atomic E-state index is 12.0. The first-order chi connectivity index (χ1) is 30.5. The molecule has 4 aromatic carbocycles. The van der Waals surface area contributed by atoms with Crippen molar-refractivity contribution in [3.05, 3.63) is 96.1 Å². The Balaban J connectivity index is 1.36. The van der Waals surface area contributed by atoms with Crippen LogP contribution in [0.1, 0.15) is 83.8 Å². The molecule has 342 valence electrons. The van der Waals surface area contributed by atoms with Gasteiger partial charge in [0.1, 0.15) is 23.7 Å². The summed E-state index contributed by atoms with van der Waals surface area (Å²) in [6, 6.07) is 30.4. The molecular formula is C52H69NO10. The van der Waals surface area contributed by atoms with E-state index < -0.39 is 5.60 Å². The summed E-state index contributed by atoms with van der Waals surface area (Å²) in [6.07, 6.45) is 5.53. The Hall–Kier alpha value is -4.78. The van der Waals surface area contributed by atoms with Crippen molar-refractivity contribution in [3.8, 4) is 44.9 Å². The Kier molecular flexibility index (Phi) is 19.9. The molecule has 1 amide bonds. The summed E-state index contributed by atoms with van der Waals surface area (Å²) in [4.78, 5) is 23.1. The van der Waals surface area contributed by atoms with E-state index >= 15 is 0 Å². The van der Waals surface area contributed by atoms with Gasteiger partial charge in [0.15, 0.2) is 0 Å². The number of carbonyl (C=O) groups excluding carboxylic acids is 2. The third-order valence-electron chi connectivity index (χ3n) is 11.0. The minimum atomic E-state index is -0.507. The van der Waals surface area contributed by atoms with Gasteiger partial charge in [-0.15, -0.1) is 0 Å². The van der Waals surface area contributed by atoms with Crippen molar-refractivity contribution in [2.45, 2.75) is 83.7 Å². The van der Waals surface area contributed by atoms with Crippen molar-refractivity contribution in [1.29, 1.82) is 0 Å². The van der Waals surface area contributed by atoms with Crippen molar-refractivity contribution in [1.82, 2.24) is 5.32 Å². The van der Waals surface area contributed by atoms with E-state index in [0.29, 0.717) is 66.0 Å². The van der Waals surface area contributed by atoms with E-state index in [1.807, 2.05) is 45.0 Å². The lowest BCUT2D eigenvalue weighted by atomic mass is 9.70. The molecule has 0 atom stereocenters. The first kappa shape index (κ1) is 49.2. The average molecular weight is 868 g/mol. The average Bonchev–Trinajstić information content (AvgIpc) is 3.53. The monoisotopic (exact) mass is 867 g/mol. The zero-order chi connectivity index (χ0) is 44.9. The van der Waals surface area contributed by atoms with Gasteiger partial charge in [0.25, 0.3) is 0 Å². The fraction of sp³-hybridized carbons (Fsp3) is 0.500. The number of methoxy groups -OCH3 is 2. The molecular weight excluding hydrogens is 799 g/mol. The molecule has 0 bridgehead atoms. The number of carbonyl (C=O) groups is 2. The molecule has 0 radical (unpaired) electrons. The molecule has 1 N–H and O–H groups in total. The molecule has 0 spiro atoms. The van der Waals surface area contributed by atoms with Crippen molar-refractivity contribution in [3.63, 3.8) is 0 Å². The minimum absolute atomic E-state index is 0.00833. The lowest BCUT2D eigenvalue weighted by Gasteiger charge is -2.33. The number of ether oxygens (including phenoxy) is 8. The highest BCUT2D eigenvalue weighted by molar-refractivity contribution is 5.86. The van der Waals surface area contributed by atoms with Crippen molar-refractivity contribution in [2.24, 2.45) is 0 Å². The molecule has 63 heavy (non-hydrogen) atoms. The molecule has 0 saturated carbocycles. The maximum Gasteiger partial charge on any atom is 0.308 e. The highest BCUT2D eigenvalue weighted by Gasteiger charge is 2.42. The van der Waals surface area contributed by atoms with Crippen LogP contribution in [0.3, 0.4) is 0 Å². The van der Waals surface area contributed by atoms with Crippen LogP contribution in [0.4, 0.5) is 0 Å². The molecule has 0 saturated heterocycles. The number of amides is 1. The zero-order valence-electron chi connectivity index (χ0n) is 38.4. The Bertz CT molecular complexity index is 1970. The second-order valence-corrected chi connectivity index (χ2v) is 16.9. The summed E-state index contributed by atoms with van der Waals surface area (Å²) in [6.45, 7) is 12.9. The van der Waals surface area contributed by atoms with Gasteiger partial charge in [-0.25, -0.2) is 0 Å². The molecule has 1 aliphatic rings. The van der Waals surface area contributed by atoms with E-state index in [1.54, 1.807) is 14.2 Å². The Morgan fingerprint density at radius 2 is 1.02 bits per heavy atom. The SMILES string of the molecule is COCCOCCCC1(CCCOCCOC)c2cc(-c3ccc(OCCCCNC(C)=O)cc3)ccc2-c2ccc(-c3ccc(OCCOCCC(=O)OC(C)(C)C)cc3)cc21. The molecule has 1 aliphatic carbocycles. The minimum Gasteiger partial charge on any atom is -0.494 e. The largest absolute Gasteiger partial charge is 0.494 e. The lowest BCUT2D eigenvalue weighted by molar-refractivity contribution is -0.156. The highest BCUT2D eigenvalue weighted by Crippen LogP contribution is 2.55. The van der Waals surface area contributed by atoms with Crippen LogP contribution in [0.25, 0.3) is 33.4 Å². The van der Waals surface area contributed by atoms with Crippen LogP contribution in [0.2, 0.25) is 0 Å². The van der Waals surface area contributed by atoms with Crippen LogP contribution in [-0.2, 0) is 43.4 Å². The molecule has 5 rings (SSSR count). The molecule has 0 heterocycles. The lowest BCUT2D eigenvalue weighted by Crippen LogP contribution is -2.27. The van der Waals surface area contributed by atoms with Gasteiger partial charge in [-0.2, -0.15) is 0 Å². The highest BCUT2D eigenvalue weighted by atomic mass is 16.6. The van der Waals surface area contributed by atoms with Gasteiger partial charge in [-0.3, -0.25) is 9.59 Å². The van der Waals surface area contributed by atoms with E-state index in [-0.39, 0.29) is 30.3 Å². The van der Waals surface area contributed by atoms with E-state index in [9.17, 15) is 9.59 Å². The number of unbranched alkanes of at least 4 members (excludes halogenated alkanes) is 1. The summed E-state index contributed by atoms with van der Waals surface area (Å²) in [5.74, 6) is 1.31. The van der Waals surface area contributed by atoms with E-state index in [2.05, 4.69) is 66.0 Å². The molecule has 0 aromatic heterocycles. The molecule has 11 nitrogen and oxygen atoms in total. The number of esters is 1. The Labute approximate surface area is 375 Å². The number of hydrogen-bond donors (Lipinski definition) is 1. The summed E-state index contributed by atoms with van der Waals surface area (Å²) < 4.78 is 45.6. The van der Waals surface area contributed by atoms with Crippen LogP contribution in [0, 0.1) is 0 Å². The maximum atomic E-state index is 12.0. The Morgan fingerprint density at radius 3 is 1.51 bits per heavy atom. The van der Waals surface area contributed by atoms with Crippen LogP contribution in [0.5, 0.6) is 11.5 Å². The van der Waals surface area contributed by atoms with Gasteiger partial charge in [0.2, 0.25) is 5.91 Å². The van der Waals surface area contributed by atoms with E-state index in [4.69, 9.17) is 37.9 Å². The summed E-state index contributed by atoms with van der Waals surface area (Å²) in [5, 5.41) is 2.84. The third kappa shape index (κ3) is 15.5. The molecule has 0 aliphatic heterocycles. The van der Waals surface area contributed by atoms with E-state index in [0.717, 1.165) is 72.3 Å². The molecule has 11 heteroatoms. The van der Waals surface area contributed by atoms with Crippen molar-refractivity contribution in [2.75, 3.05) is 86.8 Å². The second-order valence-electron chi connectivity index (χ2n) is 16.9. The van der Waals surface area contributed by atoms with Gasteiger partial charge in [0.05, 0.1) is 52.7 Å². The number of rotatable bonds is 29. The molecule has 0 unspecified atom stereocenters. The number of fused-ring (bicyclic) bond motifs is 3. The van der Waals surface area contributed by atoms with Crippen LogP contribution < -0.4 is 14.8 Å². The van der Waals surface area contributed by atoms with Crippen LogP contribution in [-0.4, -0.2) is 104 Å². The van der Waals surface area contributed by atoms with Gasteiger partial charge in [-0.05, 0) is 140 Å². The number of benzene rings is 4. The molecule has 4 aromatic rings. The summed E-state index contributed by atoms with van der Waals surface area (Å²) in [5.41, 5.74) is 8.92. The first-order valence-corrected chi connectivity index (χ1v) is 22.5. The smallest absolute Gasteiger partial charge is 0.308 e. The number of hydrogen-bond acceptors (Lipinski definition) is 10. The second kappa shape index (κ2) is 25.5. The first-order valence-electron chi connectivity index (χ1n) is 22.5. The van der Waals surface area contributed by atoms with Gasteiger partial charge in [0, 0.05) is 46.3 Å². The third-order valence-corrected chi connectivity index (χ3v) is 11.0.